The zero-order valence-electron chi connectivity index (χ0n) is 15.3. The van der Waals surface area contributed by atoms with E-state index >= 15 is 0 Å². The van der Waals surface area contributed by atoms with E-state index in [1.54, 1.807) is 4.90 Å². The number of fused-ring (bicyclic) bond motifs is 1. The molecule has 7 heteroatoms. The Bertz CT molecular complexity index is 860. The van der Waals surface area contributed by atoms with Crippen LogP contribution in [0.25, 0.3) is 0 Å². The summed E-state index contributed by atoms with van der Waals surface area (Å²) in [4.78, 5) is 26.0. The molecule has 27 heavy (non-hydrogen) atoms. The molecule has 0 unspecified atom stereocenters. The zero-order valence-corrected chi connectivity index (χ0v) is 15.3. The van der Waals surface area contributed by atoms with Crippen molar-refractivity contribution in [3.8, 4) is 0 Å². The Morgan fingerprint density at radius 1 is 0.963 bits per heavy atom. The van der Waals surface area contributed by atoms with Crippen LogP contribution in [-0.4, -0.2) is 47.0 Å². The Morgan fingerprint density at radius 2 is 1.63 bits per heavy atom. The van der Waals surface area contributed by atoms with E-state index in [0.29, 0.717) is 25.9 Å². The fourth-order valence-corrected chi connectivity index (χ4v) is 3.89. The number of rotatable bonds is 2. The lowest BCUT2D eigenvalue weighted by atomic mass is 10.1. The van der Waals surface area contributed by atoms with Gasteiger partial charge in [0.1, 0.15) is 11.6 Å². The van der Waals surface area contributed by atoms with Gasteiger partial charge in [0.2, 0.25) is 5.95 Å². The van der Waals surface area contributed by atoms with Crippen molar-refractivity contribution in [1.82, 2.24) is 14.9 Å². The SMILES string of the molecule is Cc1nc(N2CCCC2)nc2c1CCN(C(=O)c1cc(F)cc(F)c1)CC2. The van der Waals surface area contributed by atoms with Gasteiger partial charge < -0.3 is 9.80 Å². The second-order valence-corrected chi connectivity index (χ2v) is 7.18. The van der Waals surface area contributed by atoms with Crippen molar-refractivity contribution in [3.05, 3.63) is 52.3 Å². The van der Waals surface area contributed by atoms with Crippen molar-refractivity contribution in [2.24, 2.45) is 0 Å². The fraction of sp³-hybridized carbons (Fsp3) is 0.450. The van der Waals surface area contributed by atoms with Crippen LogP contribution in [0.1, 0.15) is 40.2 Å². The smallest absolute Gasteiger partial charge is 0.254 e. The van der Waals surface area contributed by atoms with E-state index in [-0.39, 0.29) is 11.5 Å². The van der Waals surface area contributed by atoms with Crippen molar-refractivity contribution in [2.45, 2.75) is 32.6 Å². The first kappa shape index (κ1) is 17.8. The number of aromatic nitrogens is 2. The number of amides is 1. The monoisotopic (exact) mass is 372 g/mol. The van der Waals surface area contributed by atoms with Gasteiger partial charge in [0.05, 0.1) is 5.69 Å². The molecule has 0 saturated carbocycles. The van der Waals surface area contributed by atoms with Gasteiger partial charge in [0.15, 0.2) is 0 Å². The molecule has 2 aliphatic rings. The third-order valence-corrected chi connectivity index (χ3v) is 5.32. The predicted molar refractivity (Wildman–Crippen MR) is 97.9 cm³/mol. The molecular weight excluding hydrogens is 350 g/mol. The fourth-order valence-electron chi connectivity index (χ4n) is 3.89. The van der Waals surface area contributed by atoms with Gasteiger partial charge in [-0.05, 0) is 43.9 Å². The number of aryl methyl sites for hydroxylation is 1. The van der Waals surface area contributed by atoms with Crippen LogP contribution in [0.3, 0.4) is 0 Å². The molecule has 2 aliphatic heterocycles. The number of carbonyl (C=O) groups is 1. The van der Waals surface area contributed by atoms with Crippen LogP contribution in [0.5, 0.6) is 0 Å². The molecule has 5 nitrogen and oxygen atoms in total. The topological polar surface area (TPSA) is 49.3 Å². The van der Waals surface area contributed by atoms with E-state index in [1.807, 2.05) is 6.92 Å². The minimum Gasteiger partial charge on any atom is -0.341 e. The summed E-state index contributed by atoms with van der Waals surface area (Å²) < 4.78 is 26.9. The van der Waals surface area contributed by atoms with Crippen molar-refractivity contribution in [3.63, 3.8) is 0 Å². The van der Waals surface area contributed by atoms with Gasteiger partial charge in [-0.3, -0.25) is 4.79 Å². The number of benzene rings is 1. The van der Waals surface area contributed by atoms with Gasteiger partial charge in [-0.1, -0.05) is 0 Å². The number of halogens is 2. The van der Waals surface area contributed by atoms with Gasteiger partial charge in [0, 0.05) is 49.9 Å². The average Bonchev–Trinajstić information content (AvgIpc) is 3.07. The highest BCUT2D eigenvalue weighted by Gasteiger charge is 2.24. The third-order valence-electron chi connectivity index (χ3n) is 5.32. The standard InChI is InChI=1S/C20H22F2N4O/c1-13-17-4-8-25(19(27)14-10-15(21)12-16(22)11-14)9-5-18(17)24-20(23-13)26-6-2-3-7-26/h10-12H,2-9H2,1H3. The Labute approximate surface area is 157 Å². The Kier molecular flexibility index (Phi) is 4.76. The molecule has 0 bridgehead atoms. The van der Waals surface area contributed by atoms with Gasteiger partial charge in [-0.15, -0.1) is 0 Å². The Morgan fingerprint density at radius 3 is 2.33 bits per heavy atom. The molecule has 0 atom stereocenters. The number of hydrogen-bond acceptors (Lipinski definition) is 4. The van der Waals surface area contributed by atoms with E-state index in [0.717, 1.165) is 67.0 Å². The molecule has 1 saturated heterocycles. The summed E-state index contributed by atoms with van der Waals surface area (Å²) in [7, 11) is 0. The van der Waals surface area contributed by atoms with Crippen molar-refractivity contribution in [2.75, 3.05) is 31.1 Å². The molecule has 1 amide bonds. The number of anilines is 1. The van der Waals surface area contributed by atoms with Crippen LogP contribution in [0.2, 0.25) is 0 Å². The Hall–Kier alpha value is -2.57. The first-order valence-electron chi connectivity index (χ1n) is 9.38. The molecule has 3 heterocycles. The normalized spacial score (nSPS) is 17.0. The van der Waals surface area contributed by atoms with Crippen molar-refractivity contribution >= 4 is 11.9 Å². The lowest BCUT2D eigenvalue weighted by molar-refractivity contribution is 0.0762. The molecule has 0 radical (unpaired) electrons. The minimum atomic E-state index is -0.742. The second-order valence-electron chi connectivity index (χ2n) is 7.18. The zero-order chi connectivity index (χ0) is 19.0. The van der Waals surface area contributed by atoms with Gasteiger partial charge in [-0.2, -0.15) is 0 Å². The van der Waals surface area contributed by atoms with E-state index in [2.05, 4.69) is 9.88 Å². The van der Waals surface area contributed by atoms with Crippen LogP contribution < -0.4 is 4.90 Å². The van der Waals surface area contributed by atoms with Gasteiger partial charge in [0.25, 0.3) is 5.91 Å². The molecule has 1 fully saturated rings. The summed E-state index contributed by atoms with van der Waals surface area (Å²) in [6.07, 6.45) is 3.58. The van der Waals surface area contributed by atoms with Crippen LogP contribution in [-0.2, 0) is 12.8 Å². The highest BCUT2D eigenvalue weighted by molar-refractivity contribution is 5.94. The maximum absolute atomic E-state index is 13.5. The van der Waals surface area contributed by atoms with Gasteiger partial charge >= 0.3 is 0 Å². The maximum atomic E-state index is 13.5. The highest BCUT2D eigenvalue weighted by Crippen LogP contribution is 2.23. The van der Waals surface area contributed by atoms with E-state index < -0.39 is 11.6 Å². The molecule has 0 aliphatic carbocycles. The summed E-state index contributed by atoms with van der Waals surface area (Å²) in [6.45, 7) is 4.90. The van der Waals surface area contributed by atoms with Crippen LogP contribution in [0.15, 0.2) is 18.2 Å². The molecule has 2 aromatic rings. The molecule has 142 valence electrons. The third kappa shape index (κ3) is 3.63. The minimum absolute atomic E-state index is 0.0408. The summed E-state index contributed by atoms with van der Waals surface area (Å²) in [5, 5.41) is 0. The molecule has 4 rings (SSSR count). The lowest BCUT2D eigenvalue weighted by Gasteiger charge is -2.20. The van der Waals surface area contributed by atoms with Gasteiger partial charge in [-0.25, -0.2) is 18.7 Å². The summed E-state index contributed by atoms with van der Waals surface area (Å²) in [5.41, 5.74) is 3.05. The quantitative estimate of drug-likeness (QED) is 0.813. The summed E-state index contributed by atoms with van der Waals surface area (Å²) in [5.74, 6) is -1.07. The van der Waals surface area contributed by atoms with E-state index in [1.165, 1.54) is 0 Å². The van der Waals surface area contributed by atoms with Crippen LogP contribution in [0, 0.1) is 18.6 Å². The van der Waals surface area contributed by atoms with E-state index in [9.17, 15) is 13.6 Å². The molecule has 1 aromatic carbocycles. The number of hydrogen-bond donors (Lipinski definition) is 0. The first-order chi connectivity index (χ1) is 13.0. The molecule has 1 aromatic heterocycles. The van der Waals surface area contributed by atoms with E-state index in [4.69, 9.17) is 4.98 Å². The average molecular weight is 372 g/mol. The summed E-state index contributed by atoms with van der Waals surface area (Å²) >= 11 is 0. The van der Waals surface area contributed by atoms with Crippen molar-refractivity contribution < 1.29 is 13.6 Å². The number of nitrogens with zero attached hydrogens (tertiary/aromatic N) is 4. The predicted octanol–water partition coefficient (Wildman–Crippen LogP) is 2.90. The maximum Gasteiger partial charge on any atom is 0.254 e. The highest BCUT2D eigenvalue weighted by atomic mass is 19.1. The Balaban J connectivity index is 1.55. The van der Waals surface area contributed by atoms with Crippen molar-refractivity contribution in [1.29, 1.82) is 0 Å². The lowest BCUT2D eigenvalue weighted by Crippen LogP contribution is -2.33. The molecular formula is C20H22F2N4O. The first-order valence-corrected chi connectivity index (χ1v) is 9.38. The molecule has 0 spiro atoms. The second kappa shape index (κ2) is 7.21. The van der Waals surface area contributed by atoms with Crippen LogP contribution >= 0.6 is 0 Å². The number of carbonyl (C=O) groups excluding carboxylic acids is 1. The largest absolute Gasteiger partial charge is 0.341 e. The van der Waals surface area contributed by atoms with Crippen LogP contribution in [0.4, 0.5) is 14.7 Å². The molecule has 0 N–H and O–H groups in total. The summed E-state index contributed by atoms with van der Waals surface area (Å²) in [6, 6.07) is 2.94.